The van der Waals surface area contributed by atoms with Crippen molar-refractivity contribution in [1.82, 2.24) is 0 Å². The summed E-state index contributed by atoms with van der Waals surface area (Å²) in [5.41, 5.74) is 0.372. The molecule has 0 saturated heterocycles. The average molecular weight is 457 g/mol. The van der Waals surface area contributed by atoms with Crippen molar-refractivity contribution in [3.63, 3.8) is 0 Å². The summed E-state index contributed by atoms with van der Waals surface area (Å²) in [6, 6.07) is 0. The van der Waals surface area contributed by atoms with Gasteiger partial charge in [0.1, 0.15) is 11.9 Å². The number of hydrogen-bond donors (Lipinski definition) is 0. The molecule has 0 aromatic carbocycles. The molecule has 33 heavy (non-hydrogen) atoms. The molecule has 0 aliphatic heterocycles. The Morgan fingerprint density at radius 2 is 1.76 bits per heavy atom. The lowest BCUT2D eigenvalue weighted by atomic mass is 9.43. The number of ketones is 1. The Bertz CT molecular complexity index is 802. The molecule has 0 unspecified atom stereocenters. The van der Waals surface area contributed by atoms with E-state index >= 15 is 0 Å². The number of carbonyl (C=O) groups is 2. The molecule has 3 nitrogen and oxygen atoms in total. The number of ether oxygens (including phenoxy) is 1. The van der Waals surface area contributed by atoms with E-state index < -0.39 is 0 Å². The quantitative estimate of drug-likeness (QED) is 0.396. The lowest BCUT2D eigenvalue weighted by Gasteiger charge is -2.61. The summed E-state index contributed by atoms with van der Waals surface area (Å²) in [7, 11) is 0. The summed E-state index contributed by atoms with van der Waals surface area (Å²) in [6.07, 6.45) is 13.2. The van der Waals surface area contributed by atoms with Crippen LogP contribution in [0.1, 0.15) is 112 Å². The summed E-state index contributed by atoms with van der Waals surface area (Å²) in [4.78, 5) is 25.5. The fourth-order valence-corrected chi connectivity index (χ4v) is 10.6. The van der Waals surface area contributed by atoms with Gasteiger partial charge in [-0.05, 0) is 91.3 Å². The maximum atomic E-state index is 13.9. The molecule has 10 atom stereocenters. The van der Waals surface area contributed by atoms with Gasteiger partial charge in [-0.3, -0.25) is 9.59 Å². The Morgan fingerprint density at radius 3 is 2.45 bits per heavy atom. The first-order chi connectivity index (χ1) is 15.5. The van der Waals surface area contributed by atoms with E-state index in [2.05, 4.69) is 34.6 Å². The van der Waals surface area contributed by atoms with Crippen LogP contribution < -0.4 is 0 Å². The molecule has 0 amide bonds. The van der Waals surface area contributed by atoms with Crippen LogP contribution in [0, 0.1) is 57.7 Å². The molecule has 3 heteroatoms. The molecule has 5 aliphatic carbocycles. The predicted molar refractivity (Wildman–Crippen MR) is 131 cm³/mol. The molecule has 0 heterocycles. The van der Waals surface area contributed by atoms with Crippen LogP contribution in [0.5, 0.6) is 0 Å². The van der Waals surface area contributed by atoms with E-state index in [0.29, 0.717) is 29.0 Å². The third-order valence-corrected chi connectivity index (χ3v) is 12.1. The van der Waals surface area contributed by atoms with E-state index in [0.717, 1.165) is 49.4 Å². The van der Waals surface area contributed by atoms with Crippen molar-refractivity contribution >= 4 is 11.8 Å². The van der Waals surface area contributed by atoms with Crippen LogP contribution in [0.15, 0.2) is 0 Å². The van der Waals surface area contributed by atoms with E-state index in [-0.39, 0.29) is 22.9 Å². The number of Topliss-reactive ketones (excluding diaryl/α,β-unsaturated/α-hetero) is 1. The van der Waals surface area contributed by atoms with Crippen LogP contribution in [0.2, 0.25) is 0 Å². The first kappa shape index (κ1) is 23.9. The average Bonchev–Trinajstić information content (AvgIpc) is 3.40. The monoisotopic (exact) mass is 456 g/mol. The van der Waals surface area contributed by atoms with Crippen LogP contribution in [-0.4, -0.2) is 17.9 Å². The zero-order valence-electron chi connectivity index (χ0n) is 22.1. The fraction of sp³-hybridized carbons (Fsp3) is 0.933. The van der Waals surface area contributed by atoms with Gasteiger partial charge >= 0.3 is 5.97 Å². The van der Waals surface area contributed by atoms with E-state index in [1.165, 1.54) is 51.9 Å². The number of fused-ring (bicyclic) bond motifs is 4. The van der Waals surface area contributed by atoms with Crippen molar-refractivity contribution in [2.24, 2.45) is 57.7 Å². The normalized spacial score (nSPS) is 49.0. The van der Waals surface area contributed by atoms with Gasteiger partial charge in [0.2, 0.25) is 0 Å². The van der Waals surface area contributed by atoms with E-state index in [1.54, 1.807) is 0 Å². The second kappa shape index (κ2) is 8.09. The SMILES string of the molecule is CC(=O)O[C@H]1CC[C@]2(C)[C@H]3CC[C@]4(C)[C@@H]([C@H](C)CCCC(C)C)CC[C@H]4[C@@H]3CC(=O)[C@@]23C[C@@H]13. The molecule has 186 valence electrons. The van der Waals surface area contributed by atoms with Gasteiger partial charge < -0.3 is 4.74 Å². The highest BCUT2D eigenvalue weighted by Gasteiger charge is 2.78. The Balaban J connectivity index is 1.34. The van der Waals surface area contributed by atoms with Gasteiger partial charge in [-0.15, -0.1) is 0 Å². The Labute approximate surface area is 202 Å². The van der Waals surface area contributed by atoms with Crippen LogP contribution in [0.3, 0.4) is 0 Å². The number of carbonyl (C=O) groups excluding carboxylic acids is 2. The summed E-state index contributed by atoms with van der Waals surface area (Å²) < 4.78 is 5.70. The second-order valence-electron chi connectivity index (χ2n) is 13.9. The Morgan fingerprint density at radius 1 is 1.00 bits per heavy atom. The van der Waals surface area contributed by atoms with Crippen molar-refractivity contribution in [2.75, 3.05) is 0 Å². The molecule has 0 aromatic heterocycles. The number of rotatable bonds is 6. The minimum absolute atomic E-state index is 0.0209. The molecular formula is C30H48O3. The zero-order chi connectivity index (χ0) is 23.8. The molecule has 5 aliphatic rings. The summed E-state index contributed by atoms with van der Waals surface area (Å²) in [5, 5.41) is 0. The number of esters is 1. The van der Waals surface area contributed by atoms with Crippen molar-refractivity contribution < 1.29 is 14.3 Å². The van der Waals surface area contributed by atoms with Gasteiger partial charge in [-0.2, -0.15) is 0 Å². The predicted octanol–water partition coefficient (Wildman–Crippen LogP) is 7.22. The molecule has 0 N–H and O–H groups in total. The molecule has 1 spiro atoms. The lowest BCUT2D eigenvalue weighted by molar-refractivity contribution is -0.172. The van der Waals surface area contributed by atoms with Gasteiger partial charge in [0.25, 0.3) is 0 Å². The van der Waals surface area contributed by atoms with E-state index in [9.17, 15) is 9.59 Å². The van der Waals surface area contributed by atoms with Gasteiger partial charge in [-0.1, -0.05) is 53.9 Å². The maximum absolute atomic E-state index is 13.9. The Hall–Kier alpha value is -0.860. The van der Waals surface area contributed by atoms with Crippen molar-refractivity contribution in [3.8, 4) is 0 Å². The molecule has 5 saturated carbocycles. The maximum Gasteiger partial charge on any atom is 0.302 e. The van der Waals surface area contributed by atoms with Gasteiger partial charge in [0.05, 0.1) is 0 Å². The summed E-state index contributed by atoms with van der Waals surface area (Å²) >= 11 is 0. The molecular weight excluding hydrogens is 408 g/mol. The van der Waals surface area contributed by atoms with E-state index in [4.69, 9.17) is 4.74 Å². The second-order valence-corrected chi connectivity index (χ2v) is 13.9. The minimum Gasteiger partial charge on any atom is -0.462 e. The van der Waals surface area contributed by atoms with Crippen molar-refractivity contribution in [3.05, 3.63) is 0 Å². The molecule has 5 fully saturated rings. The first-order valence-electron chi connectivity index (χ1n) is 14.2. The van der Waals surface area contributed by atoms with Crippen LogP contribution in [0.4, 0.5) is 0 Å². The standard InChI is InChI=1S/C30H48O3/c1-18(2)8-7-9-19(3)22-10-11-23-21-16-27(32)30-17-25(30)26(33-20(4)31)13-15-29(30,6)24(21)12-14-28(22,23)5/h18-19,21-26H,7-17H2,1-6H3/t19-,21+,22-,23+,24+,25+,26+,28-,29-,30+/m1/s1. The highest BCUT2D eigenvalue weighted by Crippen LogP contribution is 2.79. The van der Waals surface area contributed by atoms with Crippen LogP contribution in [0.25, 0.3) is 0 Å². The van der Waals surface area contributed by atoms with Gasteiger partial charge in [0, 0.05) is 24.7 Å². The Kier molecular flexibility index (Phi) is 5.85. The zero-order valence-corrected chi connectivity index (χ0v) is 22.1. The summed E-state index contributed by atoms with van der Waals surface area (Å²) in [6.45, 7) is 13.8. The summed E-state index contributed by atoms with van der Waals surface area (Å²) in [5.74, 6) is 5.10. The molecule has 0 radical (unpaired) electrons. The highest BCUT2D eigenvalue weighted by molar-refractivity contribution is 5.91. The first-order valence-corrected chi connectivity index (χ1v) is 14.2. The topological polar surface area (TPSA) is 43.4 Å². The minimum atomic E-state index is -0.181. The largest absolute Gasteiger partial charge is 0.462 e. The van der Waals surface area contributed by atoms with Crippen molar-refractivity contribution in [2.45, 2.75) is 118 Å². The highest BCUT2D eigenvalue weighted by atomic mass is 16.5. The third kappa shape index (κ3) is 3.40. The lowest BCUT2D eigenvalue weighted by Crippen LogP contribution is -2.58. The van der Waals surface area contributed by atoms with Gasteiger partial charge in [0.15, 0.2) is 0 Å². The number of hydrogen-bond acceptors (Lipinski definition) is 3. The van der Waals surface area contributed by atoms with Gasteiger partial charge in [-0.25, -0.2) is 0 Å². The third-order valence-electron chi connectivity index (χ3n) is 12.1. The van der Waals surface area contributed by atoms with E-state index in [1.807, 2.05) is 0 Å². The molecule has 0 bridgehead atoms. The van der Waals surface area contributed by atoms with Crippen LogP contribution >= 0.6 is 0 Å². The van der Waals surface area contributed by atoms with Crippen LogP contribution in [-0.2, 0) is 14.3 Å². The van der Waals surface area contributed by atoms with Crippen molar-refractivity contribution in [1.29, 1.82) is 0 Å². The smallest absolute Gasteiger partial charge is 0.302 e. The molecule has 5 rings (SSSR count). The molecule has 0 aromatic rings. The fourth-order valence-electron chi connectivity index (χ4n) is 10.6.